The third kappa shape index (κ3) is 6.49. The highest BCUT2D eigenvalue weighted by Gasteiger charge is 2.17. The Morgan fingerprint density at radius 2 is 1.90 bits per heavy atom. The fourth-order valence-electron chi connectivity index (χ4n) is 2.80. The van der Waals surface area contributed by atoms with E-state index in [0.717, 1.165) is 0 Å². The van der Waals surface area contributed by atoms with Crippen LogP contribution in [0.5, 0.6) is 5.75 Å². The quantitative estimate of drug-likeness (QED) is 0.601. The van der Waals surface area contributed by atoms with Crippen LogP contribution in [0.1, 0.15) is 54.0 Å². The van der Waals surface area contributed by atoms with Gasteiger partial charge in [0.05, 0.1) is 11.1 Å². The molecule has 2 rings (SSSR count). The van der Waals surface area contributed by atoms with Crippen LogP contribution in [0.4, 0.5) is 8.78 Å². The average molecular weight is 439 g/mol. The SMILES string of the molecule is Cc1cc(C(C)NC(=O)c2ccnc(CC(=O)C(C)C)c2)cc(Cl)c1OCC(F)F. The monoisotopic (exact) mass is 438 g/mol. The van der Waals surface area contributed by atoms with E-state index in [2.05, 4.69) is 10.3 Å². The molecule has 8 heteroatoms. The van der Waals surface area contributed by atoms with Crippen LogP contribution in [0, 0.1) is 12.8 Å². The normalized spacial score (nSPS) is 12.2. The number of amides is 1. The van der Waals surface area contributed by atoms with E-state index in [9.17, 15) is 18.4 Å². The lowest BCUT2D eigenvalue weighted by molar-refractivity contribution is -0.121. The summed E-state index contributed by atoms with van der Waals surface area (Å²) in [6, 6.07) is 6.09. The van der Waals surface area contributed by atoms with Gasteiger partial charge in [0.25, 0.3) is 12.3 Å². The molecule has 5 nitrogen and oxygen atoms in total. The minimum absolute atomic E-state index is 0.0488. The number of nitrogens with one attached hydrogen (secondary N) is 1. The first-order chi connectivity index (χ1) is 14.1. The Kier molecular flexibility index (Phi) is 8.29. The molecule has 0 aliphatic carbocycles. The molecule has 1 N–H and O–H groups in total. The Labute approximate surface area is 179 Å². The summed E-state index contributed by atoms with van der Waals surface area (Å²) in [5.74, 6) is -0.180. The van der Waals surface area contributed by atoms with Crippen LogP contribution in [-0.4, -0.2) is 29.7 Å². The Bertz CT molecular complexity index is 896. The summed E-state index contributed by atoms with van der Waals surface area (Å²) >= 11 is 6.19. The van der Waals surface area contributed by atoms with Crippen LogP contribution in [0.2, 0.25) is 5.02 Å². The number of ether oxygens (including phenoxy) is 1. The maximum Gasteiger partial charge on any atom is 0.272 e. The minimum Gasteiger partial charge on any atom is -0.486 e. The van der Waals surface area contributed by atoms with E-state index in [-0.39, 0.29) is 34.8 Å². The molecule has 1 heterocycles. The van der Waals surface area contributed by atoms with Gasteiger partial charge in [-0.05, 0) is 43.2 Å². The summed E-state index contributed by atoms with van der Waals surface area (Å²) in [6.45, 7) is 6.38. The van der Waals surface area contributed by atoms with Crippen molar-refractivity contribution in [3.63, 3.8) is 0 Å². The molecule has 0 saturated heterocycles. The molecule has 0 saturated carbocycles. The van der Waals surface area contributed by atoms with E-state index in [0.29, 0.717) is 22.4 Å². The highest BCUT2D eigenvalue weighted by atomic mass is 35.5. The van der Waals surface area contributed by atoms with Gasteiger partial charge in [0.15, 0.2) is 0 Å². The summed E-state index contributed by atoms with van der Waals surface area (Å²) in [6.07, 6.45) is -0.929. The Balaban J connectivity index is 2.11. The number of aryl methyl sites for hydroxylation is 1. The van der Waals surface area contributed by atoms with Crippen molar-refractivity contribution in [3.8, 4) is 5.75 Å². The molecule has 30 heavy (non-hydrogen) atoms. The number of hydrogen-bond acceptors (Lipinski definition) is 4. The summed E-state index contributed by atoms with van der Waals surface area (Å²) in [5.41, 5.74) is 2.23. The molecule has 2 aromatic rings. The van der Waals surface area contributed by atoms with Crippen molar-refractivity contribution in [2.24, 2.45) is 5.92 Å². The summed E-state index contributed by atoms with van der Waals surface area (Å²) in [5, 5.41) is 3.07. The first kappa shape index (κ1) is 23.7. The smallest absolute Gasteiger partial charge is 0.272 e. The molecule has 1 amide bonds. The number of Topliss-reactive ketones (excluding diaryl/α,β-unsaturated/α-hetero) is 1. The van der Waals surface area contributed by atoms with Crippen molar-refractivity contribution in [2.45, 2.75) is 46.6 Å². The topological polar surface area (TPSA) is 68.3 Å². The number of carbonyl (C=O) groups excluding carboxylic acids is 2. The van der Waals surface area contributed by atoms with Gasteiger partial charge in [0, 0.05) is 29.8 Å². The number of halogens is 3. The lowest BCUT2D eigenvalue weighted by Crippen LogP contribution is -2.27. The molecule has 1 aromatic carbocycles. The zero-order valence-corrected chi connectivity index (χ0v) is 18.1. The van der Waals surface area contributed by atoms with E-state index >= 15 is 0 Å². The number of pyridine rings is 1. The van der Waals surface area contributed by atoms with Crippen molar-refractivity contribution in [1.82, 2.24) is 10.3 Å². The number of carbonyl (C=O) groups is 2. The van der Waals surface area contributed by atoms with Gasteiger partial charge in [-0.3, -0.25) is 14.6 Å². The fraction of sp³-hybridized carbons (Fsp3) is 0.409. The van der Waals surface area contributed by atoms with E-state index in [1.807, 2.05) is 13.8 Å². The predicted molar refractivity (Wildman–Crippen MR) is 111 cm³/mol. The maximum atomic E-state index is 12.6. The number of rotatable bonds is 9. The molecular weight excluding hydrogens is 414 g/mol. The van der Waals surface area contributed by atoms with E-state index < -0.39 is 19.1 Å². The third-order valence-corrected chi connectivity index (χ3v) is 4.81. The summed E-state index contributed by atoms with van der Waals surface area (Å²) < 4.78 is 29.9. The molecule has 0 aliphatic heterocycles. The Morgan fingerprint density at radius 1 is 1.20 bits per heavy atom. The van der Waals surface area contributed by atoms with Crippen molar-refractivity contribution >= 4 is 23.3 Å². The second-order valence-corrected chi connectivity index (χ2v) is 7.79. The highest BCUT2D eigenvalue weighted by molar-refractivity contribution is 6.32. The number of ketones is 1. The van der Waals surface area contributed by atoms with Gasteiger partial charge in [-0.1, -0.05) is 31.5 Å². The van der Waals surface area contributed by atoms with E-state index in [1.54, 1.807) is 38.1 Å². The van der Waals surface area contributed by atoms with E-state index in [4.69, 9.17) is 16.3 Å². The third-order valence-electron chi connectivity index (χ3n) is 4.53. The van der Waals surface area contributed by atoms with E-state index in [1.165, 1.54) is 6.20 Å². The highest BCUT2D eigenvalue weighted by Crippen LogP contribution is 2.32. The standard InChI is InChI=1S/C22H25ClF2N2O3/c1-12(2)19(28)10-17-8-15(5-6-26-17)22(29)27-14(4)16-7-13(3)21(18(23)9-16)30-11-20(24)25/h5-9,12,14,20H,10-11H2,1-4H3,(H,27,29). The van der Waals surface area contributed by atoms with Gasteiger partial charge in [-0.2, -0.15) is 0 Å². The zero-order valence-electron chi connectivity index (χ0n) is 17.3. The van der Waals surface area contributed by atoms with Gasteiger partial charge >= 0.3 is 0 Å². The van der Waals surface area contributed by atoms with Crippen molar-refractivity contribution < 1.29 is 23.1 Å². The number of aromatic nitrogens is 1. The van der Waals surface area contributed by atoms with Gasteiger partial charge in [-0.15, -0.1) is 0 Å². The molecule has 0 aliphatic rings. The predicted octanol–water partition coefficient (Wildman–Crippen LogP) is 4.95. The molecule has 0 fully saturated rings. The molecule has 0 bridgehead atoms. The average Bonchev–Trinajstić information content (AvgIpc) is 2.66. The van der Waals surface area contributed by atoms with Crippen LogP contribution in [-0.2, 0) is 11.2 Å². The van der Waals surface area contributed by atoms with Gasteiger partial charge in [0.1, 0.15) is 18.1 Å². The summed E-state index contributed by atoms with van der Waals surface area (Å²) in [4.78, 5) is 28.7. The second kappa shape index (κ2) is 10.5. The van der Waals surface area contributed by atoms with Crippen molar-refractivity contribution in [2.75, 3.05) is 6.61 Å². The van der Waals surface area contributed by atoms with Crippen LogP contribution in [0.15, 0.2) is 30.5 Å². The largest absolute Gasteiger partial charge is 0.486 e. The Hall–Kier alpha value is -2.54. The van der Waals surface area contributed by atoms with Gasteiger partial charge in [-0.25, -0.2) is 8.78 Å². The van der Waals surface area contributed by atoms with Crippen LogP contribution in [0.25, 0.3) is 0 Å². The maximum absolute atomic E-state index is 12.6. The number of benzene rings is 1. The van der Waals surface area contributed by atoms with Crippen molar-refractivity contribution in [3.05, 3.63) is 57.9 Å². The van der Waals surface area contributed by atoms with Crippen molar-refractivity contribution in [1.29, 1.82) is 0 Å². The van der Waals surface area contributed by atoms with Gasteiger partial charge < -0.3 is 10.1 Å². The number of alkyl halides is 2. The zero-order chi connectivity index (χ0) is 22.4. The first-order valence-electron chi connectivity index (χ1n) is 9.58. The van der Waals surface area contributed by atoms with Crippen LogP contribution >= 0.6 is 11.6 Å². The molecule has 1 aromatic heterocycles. The Morgan fingerprint density at radius 3 is 2.50 bits per heavy atom. The summed E-state index contributed by atoms with van der Waals surface area (Å²) in [7, 11) is 0. The molecular formula is C22H25ClF2N2O3. The first-order valence-corrected chi connectivity index (χ1v) is 9.95. The minimum atomic E-state index is -2.60. The molecule has 1 unspecified atom stereocenters. The van der Waals surface area contributed by atoms with Gasteiger partial charge in [0.2, 0.25) is 0 Å². The second-order valence-electron chi connectivity index (χ2n) is 7.38. The molecule has 0 radical (unpaired) electrons. The van der Waals surface area contributed by atoms with Crippen LogP contribution < -0.4 is 10.1 Å². The lowest BCUT2D eigenvalue weighted by Gasteiger charge is -2.18. The number of nitrogens with zero attached hydrogens (tertiary/aromatic N) is 1. The molecule has 162 valence electrons. The molecule has 1 atom stereocenters. The molecule has 0 spiro atoms. The fourth-order valence-corrected chi connectivity index (χ4v) is 3.13. The van der Waals surface area contributed by atoms with Crippen LogP contribution in [0.3, 0.4) is 0 Å². The lowest BCUT2D eigenvalue weighted by atomic mass is 10.0. The number of hydrogen-bond donors (Lipinski definition) is 1.